The van der Waals surface area contributed by atoms with Crippen molar-refractivity contribution >= 4 is 50.6 Å². The van der Waals surface area contributed by atoms with E-state index in [1.165, 1.54) is 23.1 Å². The third-order valence-corrected chi connectivity index (χ3v) is 5.76. The van der Waals surface area contributed by atoms with Crippen molar-refractivity contribution in [3.05, 3.63) is 33.6 Å². The van der Waals surface area contributed by atoms with E-state index >= 15 is 0 Å². The normalized spacial score (nSPS) is 11.0. The highest BCUT2D eigenvalue weighted by molar-refractivity contribution is 7.99. The molecule has 0 amide bonds. The molecule has 3 aromatic rings. The van der Waals surface area contributed by atoms with Gasteiger partial charge in [-0.1, -0.05) is 11.8 Å². The van der Waals surface area contributed by atoms with Crippen molar-refractivity contribution in [3.63, 3.8) is 0 Å². The maximum Gasteiger partial charge on any atom is 0.345 e. The molecular weight excluding hydrogens is 300 g/mol. The number of aromatic carboxylic acids is 1. The summed E-state index contributed by atoms with van der Waals surface area (Å²) < 4.78 is 1.05. The number of hydrogen-bond acceptors (Lipinski definition) is 6. The van der Waals surface area contributed by atoms with Gasteiger partial charge in [0.1, 0.15) is 16.2 Å². The number of hydrogen-bond donors (Lipinski definition) is 1. The molecular formula is C12H8N2O2S3. The summed E-state index contributed by atoms with van der Waals surface area (Å²) in [7, 11) is 0. The zero-order chi connectivity index (χ0) is 13.4. The first-order valence-electron chi connectivity index (χ1n) is 5.33. The van der Waals surface area contributed by atoms with Crippen LogP contribution in [0.4, 0.5) is 0 Å². The van der Waals surface area contributed by atoms with E-state index in [2.05, 4.69) is 15.3 Å². The van der Waals surface area contributed by atoms with Crippen LogP contribution < -0.4 is 0 Å². The van der Waals surface area contributed by atoms with E-state index in [9.17, 15) is 4.79 Å². The van der Waals surface area contributed by atoms with Gasteiger partial charge in [-0.2, -0.15) is 0 Å². The van der Waals surface area contributed by atoms with Crippen molar-refractivity contribution in [2.75, 3.05) is 0 Å². The van der Waals surface area contributed by atoms with Crippen LogP contribution in [0, 0.1) is 6.92 Å². The van der Waals surface area contributed by atoms with Crippen LogP contribution >= 0.6 is 34.4 Å². The number of thiophene rings is 2. The van der Waals surface area contributed by atoms with Gasteiger partial charge in [-0.25, -0.2) is 14.8 Å². The molecule has 0 aliphatic carbocycles. The molecule has 0 fully saturated rings. The minimum Gasteiger partial charge on any atom is -0.477 e. The van der Waals surface area contributed by atoms with E-state index in [0.29, 0.717) is 4.88 Å². The van der Waals surface area contributed by atoms with Crippen LogP contribution in [0.2, 0.25) is 0 Å². The third-order valence-electron chi connectivity index (χ3n) is 2.50. The highest BCUT2D eigenvalue weighted by atomic mass is 32.2. The van der Waals surface area contributed by atoms with Gasteiger partial charge in [0.05, 0.1) is 10.2 Å². The van der Waals surface area contributed by atoms with Crippen LogP contribution in [0.1, 0.15) is 15.2 Å². The van der Waals surface area contributed by atoms with E-state index < -0.39 is 5.97 Å². The molecule has 4 nitrogen and oxygen atoms in total. The van der Waals surface area contributed by atoms with E-state index in [0.717, 1.165) is 25.7 Å². The van der Waals surface area contributed by atoms with E-state index in [-0.39, 0.29) is 0 Å². The lowest BCUT2D eigenvalue weighted by Gasteiger charge is -1.99. The van der Waals surface area contributed by atoms with E-state index in [4.69, 9.17) is 5.11 Å². The van der Waals surface area contributed by atoms with Crippen LogP contribution in [0.3, 0.4) is 0 Å². The van der Waals surface area contributed by atoms with Crippen LogP contribution in [-0.2, 0) is 0 Å². The first-order valence-corrected chi connectivity index (χ1v) is 7.91. The molecule has 0 saturated carbocycles. The predicted octanol–water partition coefficient (Wildman–Crippen LogP) is 3.91. The van der Waals surface area contributed by atoms with Gasteiger partial charge in [-0.05, 0) is 23.9 Å². The quantitative estimate of drug-likeness (QED) is 0.743. The molecule has 3 rings (SSSR count). The van der Waals surface area contributed by atoms with Gasteiger partial charge in [0.2, 0.25) is 0 Å². The lowest BCUT2D eigenvalue weighted by molar-refractivity contribution is 0.0702. The van der Waals surface area contributed by atoms with Gasteiger partial charge in [0, 0.05) is 10.3 Å². The van der Waals surface area contributed by atoms with Gasteiger partial charge in [0.15, 0.2) is 0 Å². The zero-order valence-corrected chi connectivity index (χ0v) is 12.2. The average molecular weight is 308 g/mol. The highest BCUT2D eigenvalue weighted by Crippen LogP contribution is 2.36. The summed E-state index contributed by atoms with van der Waals surface area (Å²) in [6.07, 6.45) is 1.55. The Kier molecular flexibility index (Phi) is 3.26. The topological polar surface area (TPSA) is 63.1 Å². The smallest absolute Gasteiger partial charge is 0.345 e. The Bertz CT molecular complexity index is 763. The minimum atomic E-state index is -0.892. The maximum absolute atomic E-state index is 10.9. The Hall–Kier alpha value is -1.44. The molecule has 0 radical (unpaired) electrons. The average Bonchev–Trinajstić information content (AvgIpc) is 2.98. The largest absolute Gasteiger partial charge is 0.477 e. The molecule has 3 heterocycles. The van der Waals surface area contributed by atoms with Crippen molar-refractivity contribution in [2.24, 2.45) is 0 Å². The van der Waals surface area contributed by atoms with Crippen LogP contribution in [0.25, 0.3) is 10.2 Å². The summed E-state index contributed by atoms with van der Waals surface area (Å²) in [5, 5.41) is 13.7. The maximum atomic E-state index is 10.9. The van der Waals surface area contributed by atoms with Crippen molar-refractivity contribution in [3.8, 4) is 0 Å². The lowest BCUT2D eigenvalue weighted by Crippen LogP contribution is -1.89. The summed E-state index contributed by atoms with van der Waals surface area (Å²) in [6.45, 7) is 2.02. The van der Waals surface area contributed by atoms with Crippen molar-refractivity contribution in [2.45, 2.75) is 16.8 Å². The standard InChI is InChI=1S/C12H8N2O2S3/c1-6-3-18-10-9(6)13-5-14-11(10)19-7-2-8(12(15)16)17-4-7/h2-5H,1H3,(H,15,16). The summed E-state index contributed by atoms with van der Waals surface area (Å²) in [5.41, 5.74) is 2.11. The Balaban J connectivity index is 1.98. The van der Waals surface area contributed by atoms with Crippen molar-refractivity contribution < 1.29 is 9.90 Å². The number of rotatable bonds is 3. The molecule has 19 heavy (non-hydrogen) atoms. The highest BCUT2D eigenvalue weighted by Gasteiger charge is 2.12. The fourth-order valence-electron chi connectivity index (χ4n) is 1.62. The van der Waals surface area contributed by atoms with Crippen molar-refractivity contribution in [1.82, 2.24) is 9.97 Å². The summed E-state index contributed by atoms with van der Waals surface area (Å²) in [5.74, 6) is -0.892. The Morgan fingerprint density at radius 1 is 1.32 bits per heavy atom. The van der Waals surface area contributed by atoms with Crippen LogP contribution in [0.5, 0.6) is 0 Å². The summed E-state index contributed by atoms with van der Waals surface area (Å²) in [6, 6.07) is 1.67. The fourth-order valence-corrected chi connectivity index (χ4v) is 4.48. The second-order valence-corrected chi connectivity index (χ2v) is 6.68. The van der Waals surface area contributed by atoms with E-state index in [1.807, 2.05) is 12.3 Å². The fraction of sp³-hybridized carbons (Fsp3) is 0.0833. The molecule has 0 unspecified atom stereocenters. The van der Waals surface area contributed by atoms with Gasteiger partial charge in [-0.15, -0.1) is 22.7 Å². The first kappa shape index (κ1) is 12.6. The van der Waals surface area contributed by atoms with Crippen LogP contribution in [0.15, 0.2) is 33.1 Å². The molecule has 0 saturated heterocycles. The number of aryl methyl sites for hydroxylation is 1. The second kappa shape index (κ2) is 4.92. The van der Waals surface area contributed by atoms with Gasteiger partial charge in [0.25, 0.3) is 0 Å². The summed E-state index contributed by atoms with van der Waals surface area (Å²) >= 11 is 4.32. The molecule has 96 valence electrons. The Morgan fingerprint density at radius 2 is 2.16 bits per heavy atom. The van der Waals surface area contributed by atoms with Crippen molar-refractivity contribution in [1.29, 1.82) is 0 Å². The number of aromatic nitrogens is 2. The van der Waals surface area contributed by atoms with Gasteiger partial charge >= 0.3 is 5.97 Å². The molecule has 3 aromatic heterocycles. The number of carbonyl (C=O) groups is 1. The second-order valence-electron chi connectivity index (χ2n) is 3.83. The number of carboxylic acid groups (broad SMARTS) is 1. The molecule has 0 aliphatic heterocycles. The molecule has 1 N–H and O–H groups in total. The van der Waals surface area contributed by atoms with Gasteiger partial charge < -0.3 is 5.11 Å². The van der Waals surface area contributed by atoms with Gasteiger partial charge in [-0.3, -0.25) is 0 Å². The summed E-state index contributed by atoms with van der Waals surface area (Å²) in [4.78, 5) is 20.7. The van der Waals surface area contributed by atoms with E-state index in [1.54, 1.807) is 23.7 Å². The minimum absolute atomic E-state index is 0.343. The monoisotopic (exact) mass is 308 g/mol. The molecule has 0 aliphatic rings. The number of nitrogens with zero attached hydrogens (tertiary/aromatic N) is 2. The molecule has 0 atom stereocenters. The Labute approximate surface area is 121 Å². The molecule has 0 aromatic carbocycles. The molecule has 0 spiro atoms. The lowest BCUT2D eigenvalue weighted by atomic mass is 10.3. The SMILES string of the molecule is Cc1csc2c(Sc3csc(C(=O)O)c3)ncnc12. The first-order chi connectivity index (χ1) is 9.15. The predicted molar refractivity (Wildman–Crippen MR) is 77.6 cm³/mol. The molecule has 0 bridgehead atoms. The van der Waals surface area contributed by atoms with Crippen LogP contribution in [-0.4, -0.2) is 21.0 Å². The third kappa shape index (κ3) is 2.36. The zero-order valence-electron chi connectivity index (χ0n) is 9.78. The number of fused-ring (bicyclic) bond motifs is 1. The number of carboxylic acids is 1. The molecule has 7 heteroatoms. The Morgan fingerprint density at radius 3 is 2.89 bits per heavy atom.